The number of benzene rings is 2. The summed E-state index contributed by atoms with van der Waals surface area (Å²) in [7, 11) is 0. The van der Waals surface area contributed by atoms with Gasteiger partial charge in [-0.1, -0.05) is 65.7 Å². The standard InChI is InChI=1S/C18H14ClNO2/c1-11-6-8-12(9-7-11)10-20-16-15(19)17(21)13-4-2-3-5-14(13)18(16)22/h2-9,20H,10H2,1H3. The maximum absolute atomic E-state index is 12.5. The first kappa shape index (κ1) is 14.5. The molecule has 0 spiro atoms. The Balaban J connectivity index is 1.87. The molecule has 0 fully saturated rings. The molecule has 0 unspecified atom stereocenters. The van der Waals surface area contributed by atoms with Crippen molar-refractivity contribution in [2.75, 3.05) is 0 Å². The predicted molar refractivity (Wildman–Crippen MR) is 86.0 cm³/mol. The molecule has 0 radical (unpaired) electrons. The molecule has 0 saturated heterocycles. The number of rotatable bonds is 3. The Kier molecular flexibility index (Phi) is 3.82. The Labute approximate surface area is 133 Å². The lowest BCUT2D eigenvalue weighted by molar-refractivity contribution is 0.0974. The van der Waals surface area contributed by atoms with Crippen LogP contribution in [-0.2, 0) is 6.54 Å². The third-order valence-corrected chi connectivity index (χ3v) is 4.01. The summed E-state index contributed by atoms with van der Waals surface area (Å²) in [6.07, 6.45) is 0. The van der Waals surface area contributed by atoms with Crippen LogP contribution >= 0.6 is 11.6 Å². The highest BCUT2D eigenvalue weighted by atomic mass is 35.5. The topological polar surface area (TPSA) is 46.2 Å². The van der Waals surface area contributed by atoms with Crippen LogP contribution in [0.5, 0.6) is 0 Å². The van der Waals surface area contributed by atoms with Crippen molar-refractivity contribution in [1.29, 1.82) is 0 Å². The van der Waals surface area contributed by atoms with Crippen LogP contribution in [0.25, 0.3) is 0 Å². The van der Waals surface area contributed by atoms with Gasteiger partial charge in [0.05, 0.1) is 0 Å². The number of hydrogen-bond donors (Lipinski definition) is 1. The molecule has 22 heavy (non-hydrogen) atoms. The van der Waals surface area contributed by atoms with Crippen LogP contribution in [0.2, 0.25) is 0 Å². The second-order valence-corrected chi connectivity index (χ2v) is 5.61. The summed E-state index contributed by atoms with van der Waals surface area (Å²) >= 11 is 6.09. The average molecular weight is 312 g/mol. The fourth-order valence-electron chi connectivity index (χ4n) is 2.40. The second kappa shape index (κ2) is 5.78. The van der Waals surface area contributed by atoms with E-state index in [1.165, 1.54) is 5.56 Å². The minimum atomic E-state index is -0.316. The van der Waals surface area contributed by atoms with Crippen molar-refractivity contribution in [3.05, 3.63) is 81.5 Å². The Hall–Kier alpha value is -2.39. The molecule has 0 aromatic heterocycles. The van der Waals surface area contributed by atoms with Crippen LogP contribution in [0, 0.1) is 6.92 Å². The van der Waals surface area contributed by atoms with Crippen LogP contribution in [0.15, 0.2) is 59.3 Å². The van der Waals surface area contributed by atoms with E-state index in [-0.39, 0.29) is 22.3 Å². The number of carbonyl (C=O) groups excluding carboxylic acids is 2. The zero-order valence-electron chi connectivity index (χ0n) is 12.0. The number of Topliss-reactive ketones (excluding diaryl/α,β-unsaturated/α-hetero) is 2. The number of nitrogens with one attached hydrogen (secondary N) is 1. The summed E-state index contributed by atoms with van der Waals surface area (Å²) in [6.45, 7) is 2.45. The van der Waals surface area contributed by atoms with Gasteiger partial charge in [-0.15, -0.1) is 0 Å². The minimum absolute atomic E-state index is 0.0455. The van der Waals surface area contributed by atoms with Gasteiger partial charge in [0.15, 0.2) is 0 Å². The van der Waals surface area contributed by atoms with Gasteiger partial charge in [-0.2, -0.15) is 0 Å². The Bertz CT molecular complexity index is 791. The molecule has 2 aromatic carbocycles. The lowest BCUT2D eigenvalue weighted by Gasteiger charge is -2.18. The zero-order valence-corrected chi connectivity index (χ0v) is 12.8. The van der Waals surface area contributed by atoms with Crippen molar-refractivity contribution in [3.8, 4) is 0 Å². The van der Waals surface area contributed by atoms with Crippen molar-refractivity contribution in [3.63, 3.8) is 0 Å². The second-order valence-electron chi connectivity index (χ2n) is 5.23. The quantitative estimate of drug-likeness (QED) is 0.942. The highest BCUT2D eigenvalue weighted by Gasteiger charge is 2.30. The molecular weight excluding hydrogens is 298 g/mol. The summed E-state index contributed by atoms with van der Waals surface area (Å²) in [4.78, 5) is 24.7. The molecule has 0 aliphatic heterocycles. The summed E-state index contributed by atoms with van der Waals surface area (Å²) < 4.78 is 0. The molecule has 1 aliphatic carbocycles. The molecule has 0 atom stereocenters. The van der Waals surface area contributed by atoms with Gasteiger partial charge < -0.3 is 5.32 Å². The maximum atomic E-state index is 12.5. The van der Waals surface area contributed by atoms with Crippen molar-refractivity contribution in [2.45, 2.75) is 13.5 Å². The summed E-state index contributed by atoms with van der Waals surface area (Å²) in [6, 6.07) is 14.7. The summed E-state index contributed by atoms with van der Waals surface area (Å²) in [5.41, 5.74) is 3.10. The van der Waals surface area contributed by atoms with Crippen molar-refractivity contribution >= 4 is 23.2 Å². The van der Waals surface area contributed by atoms with Gasteiger partial charge in [0.2, 0.25) is 11.6 Å². The van der Waals surface area contributed by atoms with Gasteiger partial charge in [-0.25, -0.2) is 0 Å². The van der Waals surface area contributed by atoms with Crippen LogP contribution < -0.4 is 5.32 Å². The molecule has 4 heteroatoms. The van der Waals surface area contributed by atoms with Gasteiger partial charge in [-0.05, 0) is 12.5 Å². The Morgan fingerprint density at radius 3 is 2.14 bits per heavy atom. The van der Waals surface area contributed by atoms with Gasteiger partial charge in [-0.3, -0.25) is 9.59 Å². The number of ketones is 2. The summed E-state index contributed by atoms with van der Waals surface area (Å²) in [5.74, 6) is -0.560. The number of aryl methyl sites for hydroxylation is 1. The van der Waals surface area contributed by atoms with E-state index in [1.54, 1.807) is 24.3 Å². The Morgan fingerprint density at radius 2 is 1.50 bits per heavy atom. The molecule has 3 rings (SSSR count). The molecular formula is C18H14ClNO2. The van der Waals surface area contributed by atoms with Gasteiger partial charge in [0, 0.05) is 17.7 Å². The van der Waals surface area contributed by atoms with E-state index in [9.17, 15) is 9.59 Å². The summed E-state index contributed by atoms with van der Waals surface area (Å²) in [5, 5.41) is 2.96. The fraction of sp³-hybridized carbons (Fsp3) is 0.111. The number of carbonyl (C=O) groups is 2. The number of fused-ring (bicyclic) bond motifs is 1. The van der Waals surface area contributed by atoms with E-state index in [2.05, 4.69) is 5.32 Å². The number of halogens is 1. The van der Waals surface area contributed by atoms with Crippen molar-refractivity contribution < 1.29 is 9.59 Å². The van der Waals surface area contributed by atoms with Crippen LogP contribution in [0.3, 0.4) is 0 Å². The van der Waals surface area contributed by atoms with E-state index in [0.717, 1.165) is 5.56 Å². The van der Waals surface area contributed by atoms with Crippen LogP contribution in [-0.4, -0.2) is 11.6 Å². The van der Waals surface area contributed by atoms with Crippen LogP contribution in [0.1, 0.15) is 31.8 Å². The zero-order chi connectivity index (χ0) is 15.7. The third-order valence-electron chi connectivity index (χ3n) is 3.65. The van der Waals surface area contributed by atoms with Crippen LogP contribution in [0.4, 0.5) is 0 Å². The molecule has 110 valence electrons. The fourth-order valence-corrected chi connectivity index (χ4v) is 2.65. The van der Waals surface area contributed by atoms with Gasteiger partial charge >= 0.3 is 0 Å². The highest BCUT2D eigenvalue weighted by Crippen LogP contribution is 2.27. The van der Waals surface area contributed by atoms with Gasteiger partial charge in [0.25, 0.3) is 0 Å². The normalized spacial score (nSPS) is 14.1. The van der Waals surface area contributed by atoms with Crippen molar-refractivity contribution in [1.82, 2.24) is 5.32 Å². The molecule has 0 saturated carbocycles. The number of allylic oxidation sites excluding steroid dienone is 2. The first-order chi connectivity index (χ1) is 10.6. The first-order valence-corrected chi connectivity index (χ1v) is 7.33. The van der Waals surface area contributed by atoms with E-state index < -0.39 is 0 Å². The lowest BCUT2D eigenvalue weighted by Crippen LogP contribution is -2.28. The molecule has 0 bridgehead atoms. The monoisotopic (exact) mass is 311 g/mol. The predicted octanol–water partition coefficient (Wildman–Crippen LogP) is 3.61. The molecule has 0 amide bonds. The van der Waals surface area contributed by atoms with E-state index >= 15 is 0 Å². The number of hydrogen-bond acceptors (Lipinski definition) is 3. The van der Waals surface area contributed by atoms with Gasteiger partial charge in [0.1, 0.15) is 10.7 Å². The molecule has 2 aromatic rings. The van der Waals surface area contributed by atoms with E-state index in [1.807, 2.05) is 31.2 Å². The average Bonchev–Trinajstić information content (AvgIpc) is 2.54. The largest absolute Gasteiger partial charge is 0.376 e. The van der Waals surface area contributed by atoms with E-state index in [0.29, 0.717) is 17.7 Å². The third kappa shape index (κ3) is 2.55. The van der Waals surface area contributed by atoms with Crippen molar-refractivity contribution in [2.24, 2.45) is 0 Å². The van der Waals surface area contributed by atoms with E-state index in [4.69, 9.17) is 11.6 Å². The molecule has 1 N–H and O–H groups in total. The minimum Gasteiger partial charge on any atom is -0.376 e. The molecule has 0 heterocycles. The molecule has 3 nitrogen and oxygen atoms in total. The SMILES string of the molecule is Cc1ccc(CNC2=C(Cl)C(=O)c3ccccc3C2=O)cc1. The highest BCUT2D eigenvalue weighted by molar-refractivity contribution is 6.49. The maximum Gasteiger partial charge on any atom is 0.211 e. The lowest BCUT2D eigenvalue weighted by atomic mass is 9.92. The smallest absolute Gasteiger partial charge is 0.211 e. The first-order valence-electron chi connectivity index (χ1n) is 6.95. The molecule has 1 aliphatic rings. The Morgan fingerprint density at radius 1 is 0.909 bits per heavy atom.